The van der Waals surface area contributed by atoms with Crippen molar-refractivity contribution in [3.8, 4) is 0 Å². The largest absolute Gasteiger partial charge is 0.392 e. The summed E-state index contributed by atoms with van der Waals surface area (Å²) in [7, 11) is -3.71. The van der Waals surface area contributed by atoms with Crippen LogP contribution >= 0.6 is 15.9 Å². The van der Waals surface area contributed by atoms with Crippen LogP contribution in [0.3, 0.4) is 0 Å². The SMILES string of the molecule is O=S(=O)(NCc1cccc(Br)c1)c1[nH]ncc1CO. The molecular formula is C11H12BrN3O3S. The van der Waals surface area contributed by atoms with Gasteiger partial charge in [-0.3, -0.25) is 5.10 Å². The Balaban J connectivity index is 2.14. The van der Waals surface area contributed by atoms with Gasteiger partial charge < -0.3 is 5.11 Å². The molecule has 0 unspecified atom stereocenters. The van der Waals surface area contributed by atoms with Crippen LogP contribution in [0, 0.1) is 0 Å². The van der Waals surface area contributed by atoms with E-state index in [4.69, 9.17) is 5.11 Å². The van der Waals surface area contributed by atoms with Gasteiger partial charge in [0.05, 0.1) is 12.8 Å². The fraction of sp³-hybridized carbons (Fsp3) is 0.182. The van der Waals surface area contributed by atoms with Crippen LogP contribution in [0.1, 0.15) is 11.1 Å². The molecule has 19 heavy (non-hydrogen) atoms. The molecule has 6 nitrogen and oxygen atoms in total. The zero-order valence-corrected chi connectivity index (χ0v) is 12.2. The molecule has 0 spiro atoms. The molecule has 1 aromatic carbocycles. The molecule has 0 radical (unpaired) electrons. The molecule has 1 aromatic heterocycles. The van der Waals surface area contributed by atoms with Gasteiger partial charge in [0.15, 0.2) is 5.03 Å². The Hall–Kier alpha value is -1.22. The standard InChI is InChI=1S/C11H12BrN3O3S/c12-10-3-1-2-8(4-10)5-14-19(17,18)11-9(7-16)6-13-15-11/h1-4,6,14,16H,5,7H2,(H,13,15). The second-order valence-corrected chi connectivity index (χ2v) is 6.46. The van der Waals surface area contributed by atoms with Crippen molar-refractivity contribution >= 4 is 26.0 Å². The van der Waals surface area contributed by atoms with Crippen molar-refractivity contribution in [2.45, 2.75) is 18.2 Å². The van der Waals surface area contributed by atoms with Gasteiger partial charge in [-0.2, -0.15) is 5.10 Å². The number of nitrogens with zero attached hydrogens (tertiary/aromatic N) is 1. The first-order valence-electron chi connectivity index (χ1n) is 5.40. The highest BCUT2D eigenvalue weighted by Gasteiger charge is 2.19. The van der Waals surface area contributed by atoms with E-state index in [1.54, 1.807) is 0 Å². The Kier molecular flexibility index (Phi) is 4.35. The maximum Gasteiger partial charge on any atom is 0.258 e. The van der Waals surface area contributed by atoms with Crippen LogP contribution in [0.4, 0.5) is 0 Å². The topological polar surface area (TPSA) is 95.1 Å². The predicted molar refractivity (Wildman–Crippen MR) is 72.7 cm³/mol. The van der Waals surface area contributed by atoms with E-state index in [-0.39, 0.29) is 23.7 Å². The summed E-state index contributed by atoms with van der Waals surface area (Å²) < 4.78 is 27.4. The van der Waals surface area contributed by atoms with Crippen molar-refractivity contribution in [1.82, 2.24) is 14.9 Å². The molecule has 0 bridgehead atoms. The summed E-state index contributed by atoms with van der Waals surface area (Å²) in [4.78, 5) is 0. The number of aliphatic hydroxyl groups is 1. The van der Waals surface area contributed by atoms with Gasteiger partial charge >= 0.3 is 0 Å². The Bertz CT molecular complexity index is 669. The molecule has 0 amide bonds. The number of nitrogens with one attached hydrogen (secondary N) is 2. The third kappa shape index (κ3) is 3.41. The number of H-pyrrole nitrogens is 1. The van der Waals surface area contributed by atoms with E-state index in [0.29, 0.717) is 0 Å². The number of aromatic nitrogens is 2. The molecule has 102 valence electrons. The minimum atomic E-state index is -3.71. The monoisotopic (exact) mass is 345 g/mol. The first-order chi connectivity index (χ1) is 9.03. The number of hydrogen-bond acceptors (Lipinski definition) is 4. The zero-order chi connectivity index (χ0) is 13.9. The van der Waals surface area contributed by atoms with Gasteiger partial charge in [-0.1, -0.05) is 28.1 Å². The van der Waals surface area contributed by atoms with Gasteiger partial charge in [-0.25, -0.2) is 13.1 Å². The van der Waals surface area contributed by atoms with Crippen LogP contribution < -0.4 is 4.72 Å². The van der Waals surface area contributed by atoms with Crippen molar-refractivity contribution in [1.29, 1.82) is 0 Å². The van der Waals surface area contributed by atoms with E-state index in [2.05, 4.69) is 30.8 Å². The van der Waals surface area contributed by atoms with E-state index in [9.17, 15) is 8.42 Å². The number of aromatic amines is 1. The third-order valence-electron chi connectivity index (χ3n) is 2.47. The summed E-state index contributed by atoms with van der Waals surface area (Å²) in [6.07, 6.45) is 1.29. The Morgan fingerprint density at radius 2 is 2.21 bits per heavy atom. The van der Waals surface area contributed by atoms with Crippen molar-refractivity contribution in [3.05, 3.63) is 46.1 Å². The molecule has 0 saturated heterocycles. The van der Waals surface area contributed by atoms with Gasteiger partial charge in [0.2, 0.25) is 0 Å². The predicted octanol–water partition coefficient (Wildman–Crippen LogP) is 1.14. The highest BCUT2D eigenvalue weighted by atomic mass is 79.9. The highest BCUT2D eigenvalue weighted by molar-refractivity contribution is 9.10. The van der Waals surface area contributed by atoms with Crippen molar-refractivity contribution < 1.29 is 13.5 Å². The van der Waals surface area contributed by atoms with Crippen molar-refractivity contribution in [2.24, 2.45) is 0 Å². The number of benzene rings is 1. The zero-order valence-electron chi connectivity index (χ0n) is 9.80. The van der Waals surface area contributed by atoms with E-state index >= 15 is 0 Å². The van der Waals surface area contributed by atoms with Crippen LogP contribution in [0.5, 0.6) is 0 Å². The van der Waals surface area contributed by atoms with E-state index < -0.39 is 10.0 Å². The number of halogens is 1. The summed E-state index contributed by atoms with van der Waals surface area (Å²) in [5, 5.41) is 14.9. The van der Waals surface area contributed by atoms with Crippen LogP contribution in [0.25, 0.3) is 0 Å². The summed E-state index contributed by atoms with van der Waals surface area (Å²) >= 11 is 3.32. The van der Waals surface area contributed by atoms with Crippen LogP contribution in [0.15, 0.2) is 40.0 Å². The average molecular weight is 346 g/mol. The normalized spacial score (nSPS) is 11.7. The lowest BCUT2D eigenvalue weighted by atomic mass is 10.2. The Labute approximate surface area is 119 Å². The van der Waals surface area contributed by atoms with E-state index in [0.717, 1.165) is 10.0 Å². The molecule has 0 aliphatic heterocycles. The number of hydrogen-bond donors (Lipinski definition) is 3. The first-order valence-corrected chi connectivity index (χ1v) is 7.68. The molecule has 3 N–H and O–H groups in total. The lowest BCUT2D eigenvalue weighted by Gasteiger charge is -2.06. The molecule has 0 saturated carbocycles. The average Bonchev–Trinajstić information content (AvgIpc) is 2.86. The van der Waals surface area contributed by atoms with Gasteiger partial charge in [-0.15, -0.1) is 0 Å². The minimum Gasteiger partial charge on any atom is -0.392 e. The summed E-state index contributed by atoms with van der Waals surface area (Å²) in [6.45, 7) is -0.227. The van der Waals surface area contributed by atoms with Gasteiger partial charge in [0.25, 0.3) is 10.0 Å². The minimum absolute atomic E-state index is 0.106. The molecule has 0 fully saturated rings. The Morgan fingerprint density at radius 1 is 1.42 bits per heavy atom. The van der Waals surface area contributed by atoms with Gasteiger partial charge in [0.1, 0.15) is 0 Å². The molecule has 0 atom stereocenters. The van der Waals surface area contributed by atoms with Gasteiger partial charge in [0, 0.05) is 16.6 Å². The summed E-state index contributed by atoms with van der Waals surface area (Å²) in [6, 6.07) is 7.31. The lowest BCUT2D eigenvalue weighted by Crippen LogP contribution is -2.24. The quantitative estimate of drug-likeness (QED) is 0.757. The molecule has 8 heteroatoms. The molecule has 0 aliphatic rings. The number of sulfonamides is 1. The lowest BCUT2D eigenvalue weighted by molar-refractivity contribution is 0.278. The number of rotatable bonds is 5. The van der Waals surface area contributed by atoms with Crippen molar-refractivity contribution in [3.63, 3.8) is 0 Å². The molecule has 2 aromatic rings. The summed E-state index contributed by atoms with van der Waals surface area (Å²) in [5.41, 5.74) is 1.06. The maximum atomic E-state index is 12.0. The Morgan fingerprint density at radius 3 is 2.89 bits per heavy atom. The van der Waals surface area contributed by atoms with Crippen LogP contribution in [-0.2, 0) is 23.2 Å². The molecule has 1 heterocycles. The fourth-order valence-electron chi connectivity index (χ4n) is 1.54. The van der Waals surface area contributed by atoms with Gasteiger partial charge in [-0.05, 0) is 17.7 Å². The van der Waals surface area contributed by atoms with Crippen molar-refractivity contribution in [2.75, 3.05) is 0 Å². The summed E-state index contributed by atoms with van der Waals surface area (Å²) in [5.74, 6) is 0. The molecule has 2 rings (SSSR count). The highest BCUT2D eigenvalue weighted by Crippen LogP contribution is 2.14. The van der Waals surface area contributed by atoms with E-state index in [1.807, 2.05) is 24.3 Å². The first kappa shape index (κ1) is 14.2. The second kappa shape index (κ2) is 5.83. The second-order valence-electron chi connectivity index (χ2n) is 3.84. The fourth-order valence-corrected chi connectivity index (χ4v) is 3.12. The molecular weight excluding hydrogens is 334 g/mol. The number of aliphatic hydroxyl groups excluding tert-OH is 1. The maximum absolute atomic E-state index is 12.0. The van der Waals surface area contributed by atoms with Crippen LogP contribution in [0.2, 0.25) is 0 Å². The molecule has 0 aliphatic carbocycles. The third-order valence-corrected chi connectivity index (χ3v) is 4.38. The van der Waals surface area contributed by atoms with Crippen LogP contribution in [-0.4, -0.2) is 23.7 Å². The smallest absolute Gasteiger partial charge is 0.258 e. The van der Waals surface area contributed by atoms with E-state index in [1.165, 1.54) is 6.20 Å².